The Hall–Kier alpha value is -2.54. The third-order valence-electron chi connectivity index (χ3n) is 5.19. The molecule has 29 heavy (non-hydrogen) atoms. The molecule has 1 amide bonds. The van der Waals surface area contributed by atoms with Gasteiger partial charge in [0.1, 0.15) is 11.4 Å². The number of carbonyl (C=O) groups is 1. The molecular formula is C22H31N3O4. The first-order valence-corrected chi connectivity index (χ1v) is 10.1. The van der Waals surface area contributed by atoms with Gasteiger partial charge in [0.05, 0.1) is 12.6 Å². The molecule has 0 aliphatic carbocycles. The molecule has 0 N–H and O–H groups in total. The molecule has 0 unspecified atom stereocenters. The Labute approximate surface area is 171 Å². The number of methoxy groups -OCH3 is 1. The SMILES string of the molecule is COc1ccc2c(C)cc(=O)n(CCN3CCN(C(=O)OC(C)(C)C)CC3)c2c1. The topological polar surface area (TPSA) is 64.0 Å². The van der Waals surface area contributed by atoms with Crippen molar-refractivity contribution in [1.82, 2.24) is 14.4 Å². The number of benzene rings is 1. The lowest BCUT2D eigenvalue weighted by atomic mass is 10.1. The van der Waals surface area contributed by atoms with E-state index in [2.05, 4.69) is 4.90 Å². The minimum Gasteiger partial charge on any atom is -0.497 e. The zero-order chi connectivity index (χ0) is 21.2. The average molecular weight is 402 g/mol. The lowest BCUT2D eigenvalue weighted by Crippen LogP contribution is -2.50. The third kappa shape index (κ3) is 5.09. The van der Waals surface area contributed by atoms with Crippen LogP contribution in [0, 0.1) is 6.92 Å². The highest BCUT2D eigenvalue weighted by Crippen LogP contribution is 2.22. The molecule has 158 valence electrons. The van der Waals surface area contributed by atoms with Gasteiger partial charge in [-0.25, -0.2) is 4.79 Å². The number of amides is 1. The number of fused-ring (bicyclic) bond motifs is 1. The Kier molecular flexibility index (Phi) is 6.17. The summed E-state index contributed by atoms with van der Waals surface area (Å²) in [7, 11) is 1.63. The number of piperazine rings is 1. The van der Waals surface area contributed by atoms with Gasteiger partial charge in [-0.3, -0.25) is 9.69 Å². The summed E-state index contributed by atoms with van der Waals surface area (Å²) >= 11 is 0. The standard InChI is InChI=1S/C22H31N3O4/c1-16-14-20(26)25(19-15-17(28-5)6-7-18(16)19)13-10-23-8-11-24(12-9-23)21(27)29-22(2,3)4/h6-7,14-15H,8-13H2,1-5H3. The quantitative estimate of drug-likeness (QED) is 0.788. The molecule has 7 nitrogen and oxygen atoms in total. The van der Waals surface area contributed by atoms with Crippen LogP contribution < -0.4 is 10.3 Å². The largest absolute Gasteiger partial charge is 0.497 e. The van der Waals surface area contributed by atoms with Crippen molar-refractivity contribution in [3.63, 3.8) is 0 Å². The minimum absolute atomic E-state index is 0.00403. The summed E-state index contributed by atoms with van der Waals surface area (Å²) in [6, 6.07) is 7.53. The Morgan fingerprint density at radius 1 is 1.07 bits per heavy atom. The van der Waals surface area contributed by atoms with Crippen LogP contribution >= 0.6 is 0 Å². The van der Waals surface area contributed by atoms with E-state index in [1.165, 1.54) is 0 Å². The fourth-order valence-electron chi connectivity index (χ4n) is 3.61. The molecule has 0 spiro atoms. The Bertz CT molecular complexity index is 937. The van der Waals surface area contributed by atoms with Gasteiger partial charge in [-0.2, -0.15) is 0 Å². The fourth-order valence-corrected chi connectivity index (χ4v) is 3.61. The molecule has 1 aliphatic heterocycles. The Morgan fingerprint density at radius 3 is 2.38 bits per heavy atom. The lowest BCUT2D eigenvalue weighted by molar-refractivity contribution is 0.0143. The first-order chi connectivity index (χ1) is 13.7. The van der Waals surface area contributed by atoms with Gasteiger partial charge in [0.15, 0.2) is 0 Å². The maximum absolute atomic E-state index is 12.6. The first-order valence-electron chi connectivity index (χ1n) is 10.1. The monoisotopic (exact) mass is 401 g/mol. The van der Waals surface area contributed by atoms with Crippen LogP contribution in [-0.2, 0) is 11.3 Å². The van der Waals surface area contributed by atoms with Crippen molar-refractivity contribution in [3.05, 3.63) is 40.2 Å². The maximum Gasteiger partial charge on any atom is 0.410 e. The number of pyridine rings is 1. The molecule has 0 saturated carbocycles. The predicted molar refractivity (Wildman–Crippen MR) is 114 cm³/mol. The highest BCUT2D eigenvalue weighted by molar-refractivity contribution is 5.83. The molecule has 1 fully saturated rings. The molecule has 7 heteroatoms. The lowest BCUT2D eigenvalue weighted by Gasteiger charge is -2.35. The van der Waals surface area contributed by atoms with Crippen LogP contribution in [0.4, 0.5) is 4.79 Å². The number of aryl methyl sites for hydroxylation is 1. The summed E-state index contributed by atoms with van der Waals surface area (Å²) in [6.07, 6.45) is -0.259. The molecule has 0 atom stereocenters. The molecule has 1 aromatic heterocycles. The first kappa shape index (κ1) is 21.2. The van der Waals surface area contributed by atoms with E-state index in [1.54, 1.807) is 18.1 Å². The number of hydrogen-bond acceptors (Lipinski definition) is 5. The second kappa shape index (κ2) is 8.45. The van der Waals surface area contributed by atoms with Crippen molar-refractivity contribution in [1.29, 1.82) is 0 Å². The van der Waals surface area contributed by atoms with E-state index in [1.807, 2.05) is 50.5 Å². The molecule has 1 aliphatic rings. The van der Waals surface area contributed by atoms with Gasteiger partial charge in [-0.05, 0) is 45.4 Å². The smallest absolute Gasteiger partial charge is 0.410 e. The summed E-state index contributed by atoms with van der Waals surface area (Å²) in [5, 5.41) is 1.06. The number of aromatic nitrogens is 1. The van der Waals surface area contributed by atoms with Gasteiger partial charge in [0.25, 0.3) is 5.56 Å². The third-order valence-corrected chi connectivity index (χ3v) is 5.19. The highest BCUT2D eigenvalue weighted by atomic mass is 16.6. The summed E-state index contributed by atoms with van der Waals surface area (Å²) in [4.78, 5) is 28.9. The van der Waals surface area contributed by atoms with E-state index in [-0.39, 0.29) is 11.7 Å². The van der Waals surface area contributed by atoms with Gasteiger partial charge < -0.3 is 18.9 Å². The predicted octanol–water partition coefficient (Wildman–Crippen LogP) is 2.87. The summed E-state index contributed by atoms with van der Waals surface area (Å²) in [5.41, 5.74) is 1.37. The van der Waals surface area contributed by atoms with Gasteiger partial charge in [-0.1, -0.05) is 0 Å². The van der Waals surface area contributed by atoms with Gasteiger partial charge >= 0.3 is 6.09 Å². The minimum atomic E-state index is -0.483. The second-order valence-corrected chi connectivity index (χ2v) is 8.51. The molecule has 2 aromatic rings. The molecular weight excluding hydrogens is 370 g/mol. The van der Waals surface area contributed by atoms with Crippen molar-refractivity contribution in [2.75, 3.05) is 39.8 Å². The summed E-state index contributed by atoms with van der Waals surface area (Å²) < 4.78 is 12.6. The van der Waals surface area contributed by atoms with Crippen LogP contribution in [0.2, 0.25) is 0 Å². The van der Waals surface area contributed by atoms with Crippen LogP contribution in [0.3, 0.4) is 0 Å². The van der Waals surface area contributed by atoms with Crippen molar-refractivity contribution in [2.45, 2.75) is 39.8 Å². The Balaban J connectivity index is 1.66. The van der Waals surface area contributed by atoms with E-state index in [0.717, 1.165) is 41.9 Å². The fraction of sp³-hybridized carbons (Fsp3) is 0.545. The van der Waals surface area contributed by atoms with Crippen molar-refractivity contribution in [3.8, 4) is 5.75 Å². The van der Waals surface area contributed by atoms with Crippen LogP contribution in [0.25, 0.3) is 10.9 Å². The molecule has 0 radical (unpaired) electrons. The number of rotatable bonds is 4. The molecule has 1 saturated heterocycles. The van der Waals surface area contributed by atoms with E-state index in [4.69, 9.17) is 9.47 Å². The number of nitrogens with zero attached hydrogens (tertiary/aromatic N) is 3. The highest BCUT2D eigenvalue weighted by Gasteiger charge is 2.25. The molecule has 2 heterocycles. The Morgan fingerprint density at radius 2 is 1.76 bits per heavy atom. The summed E-state index contributed by atoms with van der Waals surface area (Å²) in [5.74, 6) is 0.738. The van der Waals surface area contributed by atoms with Gasteiger partial charge in [0, 0.05) is 56.8 Å². The average Bonchev–Trinajstić information content (AvgIpc) is 2.66. The molecule has 0 bridgehead atoms. The zero-order valence-corrected chi connectivity index (χ0v) is 18.0. The van der Waals surface area contributed by atoms with E-state index in [0.29, 0.717) is 19.6 Å². The van der Waals surface area contributed by atoms with Crippen LogP contribution in [0.5, 0.6) is 5.75 Å². The van der Waals surface area contributed by atoms with E-state index >= 15 is 0 Å². The zero-order valence-electron chi connectivity index (χ0n) is 18.0. The van der Waals surface area contributed by atoms with Crippen molar-refractivity contribution in [2.24, 2.45) is 0 Å². The van der Waals surface area contributed by atoms with Gasteiger partial charge in [0.2, 0.25) is 0 Å². The van der Waals surface area contributed by atoms with E-state index in [9.17, 15) is 9.59 Å². The van der Waals surface area contributed by atoms with Crippen molar-refractivity contribution < 1.29 is 14.3 Å². The number of hydrogen-bond donors (Lipinski definition) is 0. The molecule has 1 aromatic carbocycles. The normalized spacial score (nSPS) is 15.6. The van der Waals surface area contributed by atoms with Crippen LogP contribution in [0.1, 0.15) is 26.3 Å². The number of carbonyl (C=O) groups excluding carboxylic acids is 1. The molecule has 3 rings (SSSR count). The van der Waals surface area contributed by atoms with Gasteiger partial charge in [-0.15, -0.1) is 0 Å². The van der Waals surface area contributed by atoms with Crippen LogP contribution in [-0.4, -0.2) is 65.9 Å². The van der Waals surface area contributed by atoms with Crippen LogP contribution in [0.15, 0.2) is 29.1 Å². The van der Waals surface area contributed by atoms with Crippen molar-refractivity contribution >= 4 is 17.0 Å². The second-order valence-electron chi connectivity index (χ2n) is 8.51. The van der Waals surface area contributed by atoms with E-state index < -0.39 is 5.60 Å². The maximum atomic E-state index is 12.6. The number of ether oxygens (including phenoxy) is 2. The summed E-state index contributed by atoms with van der Waals surface area (Å²) in [6.45, 7) is 11.7.